The van der Waals surface area contributed by atoms with Gasteiger partial charge in [0.05, 0.1) is 5.69 Å². The summed E-state index contributed by atoms with van der Waals surface area (Å²) < 4.78 is 57.0. The maximum atomic E-state index is 13.4. The minimum absolute atomic E-state index is 0.0248. The van der Waals surface area contributed by atoms with E-state index in [1.165, 1.54) is 0 Å². The summed E-state index contributed by atoms with van der Waals surface area (Å²) in [5.74, 6) is -1.84. The number of benzene rings is 1. The van der Waals surface area contributed by atoms with Gasteiger partial charge in [-0.3, -0.25) is 4.72 Å². The van der Waals surface area contributed by atoms with E-state index in [-0.39, 0.29) is 15.3 Å². The van der Waals surface area contributed by atoms with Crippen molar-refractivity contribution in [3.05, 3.63) is 46.3 Å². The predicted molar refractivity (Wildman–Crippen MR) is 69.5 cm³/mol. The van der Waals surface area contributed by atoms with Gasteiger partial charge >= 0.3 is 0 Å². The first kappa shape index (κ1) is 14.9. The van der Waals surface area contributed by atoms with Crippen LogP contribution in [0.2, 0.25) is 0 Å². The summed E-state index contributed by atoms with van der Waals surface area (Å²) in [6.45, 7) is -0.487. The Balaban J connectivity index is 2.38. The van der Waals surface area contributed by atoms with E-state index in [1.54, 1.807) is 0 Å². The Morgan fingerprint density at radius 1 is 1.30 bits per heavy atom. The molecule has 0 atom stereocenters. The molecule has 0 amide bonds. The van der Waals surface area contributed by atoms with Crippen molar-refractivity contribution in [3.8, 4) is 0 Å². The number of sulfonamides is 1. The zero-order chi connectivity index (χ0) is 14.9. The van der Waals surface area contributed by atoms with Crippen molar-refractivity contribution in [1.82, 2.24) is 0 Å². The molecule has 2 aromatic rings. The SMILES string of the molecule is O=S(=O)(Nc1ccc(F)cc1F)c1cc(CO)oc1Br. The first-order valence-corrected chi connectivity index (χ1v) is 7.48. The lowest BCUT2D eigenvalue weighted by Gasteiger charge is -2.07. The average molecular weight is 368 g/mol. The highest BCUT2D eigenvalue weighted by molar-refractivity contribution is 9.10. The van der Waals surface area contributed by atoms with E-state index in [0.29, 0.717) is 6.07 Å². The van der Waals surface area contributed by atoms with Crippen molar-refractivity contribution in [1.29, 1.82) is 0 Å². The number of aliphatic hydroxyl groups excluding tert-OH is 1. The first-order valence-electron chi connectivity index (χ1n) is 5.20. The van der Waals surface area contributed by atoms with Gasteiger partial charge < -0.3 is 9.52 Å². The summed E-state index contributed by atoms with van der Waals surface area (Å²) in [5, 5.41) is 8.87. The second-order valence-electron chi connectivity index (χ2n) is 3.74. The molecule has 2 N–H and O–H groups in total. The van der Waals surface area contributed by atoms with E-state index >= 15 is 0 Å². The number of halogens is 3. The number of aliphatic hydroxyl groups is 1. The summed E-state index contributed by atoms with van der Waals surface area (Å²) in [7, 11) is -4.13. The van der Waals surface area contributed by atoms with Gasteiger partial charge in [-0.1, -0.05) is 0 Å². The number of anilines is 1. The summed E-state index contributed by atoms with van der Waals surface area (Å²) in [6, 6.07) is 3.53. The zero-order valence-electron chi connectivity index (χ0n) is 9.73. The summed E-state index contributed by atoms with van der Waals surface area (Å²) >= 11 is 2.89. The topological polar surface area (TPSA) is 79.5 Å². The van der Waals surface area contributed by atoms with Crippen LogP contribution in [0.5, 0.6) is 0 Å². The summed E-state index contributed by atoms with van der Waals surface area (Å²) in [5.41, 5.74) is -0.398. The molecule has 0 saturated heterocycles. The molecule has 0 aliphatic heterocycles. The van der Waals surface area contributed by atoms with Crippen LogP contribution < -0.4 is 4.72 Å². The van der Waals surface area contributed by atoms with Crippen molar-refractivity contribution in [2.24, 2.45) is 0 Å². The first-order chi connectivity index (χ1) is 9.33. The minimum Gasteiger partial charge on any atom is -0.450 e. The maximum absolute atomic E-state index is 13.4. The van der Waals surface area contributed by atoms with Crippen molar-refractivity contribution in [2.45, 2.75) is 11.5 Å². The molecule has 1 aromatic carbocycles. The third-order valence-electron chi connectivity index (χ3n) is 2.33. The third-order valence-corrected chi connectivity index (χ3v) is 4.55. The van der Waals surface area contributed by atoms with Crippen LogP contribution in [0, 0.1) is 11.6 Å². The standard InChI is InChI=1S/C11H8BrF2NO4S/c12-11-10(4-7(5-16)19-11)20(17,18)15-9-2-1-6(13)3-8(9)14/h1-4,15-16H,5H2. The van der Waals surface area contributed by atoms with Gasteiger partial charge in [-0.05, 0) is 28.1 Å². The number of hydrogen-bond donors (Lipinski definition) is 2. The molecule has 0 aliphatic rings. The van der Waals surface area contributed by atoms with Gasteiger partial charge in [-0.25, -0.2) is 17.2 Å². The van der Waals surface area contributed by atoms with Crippen LogP contribution in [0.1, 0.15) is 5.76 Å². The minimum atomic E-state index is -4.13. The number of nitrogens with one attached hydrogen (secondary N) is 1. The second kappa shape index (κ2) is 5.51. The fourth-order valence-electron chi connectivity index (χ4n) is 1.43. The van der Waals surface area contributed by atoms with Crippen LogP contribution in [0.25, 0.3) is 0 Å². The van der Waals surface area contributed by atoms with Crippen LogP contribution >= 0.6 is 15.9 Å². The van der Waals surface area contributed by atoms with Gasteiger partial charge in [0.15, 0.2) is 4.67 Å². The zero-order valence-corrected chi connectivity index (χ0v) is 12.1. The molecular weight excluding hydrogens is 360 g/mol. The van der Waals surface area contributed by atoms with Crippen LogP contribution in [-0.4, -0.2) is 13.5 Å². The Labute approximate surface area is 121 Å². The predicted octanol–water partition coefficient (Wildman–Crippen LogP) is 2.61. The van der Waals surface area contributed by atoms with Crippen LogP contribution in [0.3, 0.4) is 0 Å². The van der Waals surface area contributed by atoms with Crippen molar-refractivity contribution >= 4 is 31.6 Å². The highest BCUT2D eigenvalue weighted by Gasteiger charge is 2.23. The Hall–Kier alpha value is -1.45. The van der Waals surface area contributed by atoms with E-state index < -0.39 is 34.0 Å². The van der Waals surface area contributed by atoms with E-state index in [0.717, 1.165) is 18.2 Å². The molecule has 20 heavy (non-hydrogen) atoms. The van der Waals surface area contributed by atoms with Gasteiger partial charge in [-0.15, -0.1) is 0 Å². The Kier molecular flexibility index (Phi) is 4.11. The smallest absolute Gasteiger partial charge is 0.266 e. The van der Waals surface area contributed by atoms with Gasteiger partial charge in [-0.2, -0.15) is 0 Å². The van der Waals surface area contributed by atoms with Crippen molar-refractivity contribution < 1.29 is 26.7 Å². The van der Waals surface area contributed by atoms with Crippen molar-refractivity contribution in [2.75, 3.05) is 4.72 Å². The lowest BCUT2D eigenvalue weighted by atomic mass is 10.3. The summed E-state index contributed by atoms with van der Waals surface area (Å²) in [6.07, 6.45) is 0. The molecule has 0 fully saturated rings. The van der Waals surface area contributed by atoms with E-state index in [4.69, 9.17) is 9.52 Å². The van der Waals surface area contributed by atoms with Crippen LogP contribution in [-0.2, 0) is 16.6 Å². The molecule has 9 heteroatoms. The second-order valence-corrected chi connectivity index (χ2v) is 6.11. The number of furan rings is 1. The van der Waals surface area contributed by atoms with E-state index in [2.05, 4.69) is 15.9 Å². The van der Waals surface area contributed by atoms with Crippen molar-refractivity contribution in [3.63, 3.8) is 0 Å². The van der Waals surface area contributed by atoms with Crippen LogP contribution in [0.4, 0.5) is 14.5 Å². The number of rotatable bonds is 4. The van der Waals surface area contributed by atoms with E-state index in [1.807, 2.05) is 4.72 Å². The molecule has 0 bridgehead atoms. The highest BCUT2D eigenvalue weighted by atomic mass is 79.9. The quantitative estimate of drug-likeness (QED) is 0.870. The molecule has 108 valence electrons. The number of hydrogen-bond acceptors (Lipinski definition) is 4. The van der Waals surface area contributed by atoms with Gasteiger partial charge in [0.25, 0.3) is 10.0 Å². The molecule has 0 radical (unpaired) electrons. The van der Waals surface area contributed by atoms with E-state index in [9.17, 15) is 17.2 Å². The maximum Gasteiger partial charge on any atom is 0.266 e. The molecule has 0 saturated carbocycles. The van der Waals surface area contributed by atoms with Crippen LogP contribution in [0.15, 0.2) is 38.2 Å². The molecule has 0 spiro atoms. The highest BCUT2D eigenvalue weighted by Crippen LogP contribution is 2.28. The normalized spacial score (nSPS) is 11.6. The van der Waals surface area contributed by atoms with Gasteiger partial charge in [0, 0.05) is 12.1 Å². The third kappa shape index (κ3) is 3.00. The molecular formula is C11H8BrF2NO4S. The molecule has 2 rings (SSSR count). The molecule has 1 heterocycles. The largest absolute Gasteiger partial charge is 0.450 e. The molecule has 0 aliphatic carbocycles. The van der Waals surface area contributed by atoms with Gasteiger partial charge in [0.2, 0.25) is 0 Å². The molecule has 0 unspecified atom stereocenters. The lowest BCUT2D eigenvalue weighted by Crippen LogP contribution is -2.13. The average Bonchev–Trinajstić information content (AvgIpc) is 2.75. The molecule has 1 aromatic heterocycles. The van der Waals surface area contributed by atoms with Gasteiger partial charge in [0.1, 0.15) is 28.9 Å². The Morgan fingerprint density at radius 2 is 2.00 bits per heavy atom. The summed E-state index contributed by atoms with van der Waals surface area (Å²) in [4.78, 5) is -0.301. The monoisotopic (exact) mass is 367 g/mol. The Bertz CT molecular complexity index is 745. The lowest BCUT2D eigenvalue weighted by molar-refractivity contribution is 0.245. The fourth-order valence-corrected chi connectivity index (χ4v) is 3.50. The Morgan fingerprint density at radius 3 is 2.55 bits per heavy atom. The fraction of sp³-hybridized carbons (Fsp3) is 0.0909. The molecule has 5 nitrogen and oxygen atoms in total.